The van der Waals surface area contributed by atoms with Crippen LogP contribution in [0, 0.1) is 0 Å². The molecule has 1 aromatic carbocycles. The second-order valence-corrected chi connectivity index (χ2v) is 7.88. The molecule has 2 aliphatic heterocycles. The number of carbonyl (C=O) groups is 2. The first-order valence-corrected chi connectivity index (χ1v) is 10.9. The molecule has 0 saturated carbocycles. The minimum Gasteiger partial charge on any atom is -0.503 e. The summed E-state index contributed by atoms with van der Waals surface area (Å²) in [7, 11) is 4.46. The molecular weight excluding hydrogens is 444 g/mol. The third-order valence-electron chi connectivity index (χ3n) is 6.06. The molecule has 10 heteroatoms. The number of ketones is 1. The number of aliphatic hydroxyl groups excluding tert-OH is 1. The third kappa shape index (κ3) is 4.34. The van der Waals surface area contributed by atoms with Crippen molar-refractivity contribution in [3.8, 4) is 17.2 Å². The zero-order chi connectivity index (χ0) is 24.2. The number of morpholine rings is 1. The van der Waals surface area contributed by atoms with Gasteiger partial charge in [-0.15, -0.1) is 0 Å². The Kier molecular flexibility index (Phi) is 7.09. The Labute approximate surface area is 197 Å². The van der Waals surface area contributed by atoms with Crippen LogP contribution in [-0.2, 0) is 9.53 Å². The lowest BCUT2D eigenvalue weighted by Gasteiger charge is -2.32. The Morgan fingerprint density at radius 2 is 1.76 bits per heavy atom. The van der Waals surface area contributed by atoms with Crippen LogP contribution in [0.2, 0.25) is 0 Å². The number of aliphatic hydroxyl groups is 1. The first-order valence-electron chi connectivity index (χ1n) is 10.9. The molecule has 3 heterocycles. The maximum absolute atomic E-state index is 13.3. The van der Waals surface area contributed by atoms with Crippen molar-refractivity contribution in [1.29, 1.82) is 0 Å². The van der Waals surface area contributed by atoms with Crippen LogP contribution in [0.5, 0.6) is 17.2 Å². The molecule has 4 rings (SSSR count). The lowest BCUT2D eigenvalue weighted by Crippen LogP contribution is -2.43. The van der Waals surface area contributed by atoms with Gasteiger partial charge in [0, 0.05) is 26.2 Å². The van der Waals surface area contributed by atoms with Gasteiger partial charge in [0.25, 0.3) is 5.91 Å². The number of carbonyl (C=O) groups excluding carboxylic acids is 2. The quantitative estimate of drug-likeness (QED) is 0.549. The van der Waals surface area contributed by atoms with E-state index in [1.165, 1.54) is 38.6 Å². The van der Waals surface area contributed by atoms with Gasteiger partial charge >= 0.3 is 0 Å². The zero-order valence-corrected chi connectivity index (χ0v) is 19.4. The van der Waals surface area contributed by atoms with Gasteiger partial charge in [-0.05, 0) is 29.8 Å². The summed E-state index contributed by atoms with van der Waals surface area (Å²) in [5, 5.41) is 10.8. The molecule has 0 unspecified atom stereocenters. The van der Waals surface area contributed by atoms with Gasteiger partial charge in [-0.2, -0.15) is 0 Å². The summed E-state index contributed by atoms with van der Waals surface area (Å²) in [6.45, 7) is 3.58. The molecule has 1 aromatic heterocycles. The molecule has 2 aliphatic rings. The molecule has 1 amide bonds. The maximum atomic E-state index is 13.3. The lowest BCUT2D eigenvalue weighted by atomic mass is 9.94. The summed E-state index contributed by atoms with van der Waals surface area (Å²) in [4.78, 5) is 30.2. The third-order valence-corrected chi connectivity index (χ3v) is 6.06. The van der Waals surface area contributed by atoms with E-state index >= 15 is 0 Å². The molecule has 1 atom stereocenters. The van der Waals surface area contributed by atoms with Crippen molar-refractivity contribution in [3.63, 3.8) is 0 Å². The van der Waals surface area contributed by atoms with Gasteiger partial charge in [0.05, 0.1) is 52.4 Å². The molecule has 1 fully saturated rings. The maximum Gasteiger partial charge on any atom is 0.290 e. The molecule has 10 nitrogen and oxygen atoms in total. The van der Waals surface area contributed by atoms with Crippen molar-refractivity contribution in [2.75, 3.05) is 60.7 Å². The van der Waals surface area contributed by atoms with Gasteiger partial charge in [0.15, 0.2) is 23.0 Å². The molecule has 34 heavy (non-hydrogen) atoms. The predicted octanol–water partition coefficient (Wildman–Crippen LogP) is 2.22. The van der Waals surface area contributed by atoms with E-state index < -0.39 is 23.5 Å². The van der Waals surface area contributed by atoms with Gasteiger partial charge in [0.2, 0.25) is 11.5 Å². The summed E-state index contributed by atoms with van der Waals surface area (Å²) < 4.78 is 27.0. The standard InChI is InChI=1S/C24H28N2O8/c1-30-17-13-15(14-18(31-2)23(17)32-3)20-19(21(27)16-5-4-10-34-16)22(28)24(29)26(20)7-6-25-8-11-33-12-9-25/h4-5,10,13-14,20,28H,6-9,11-12H2,1-3H3/t20-/m1/s1. The smallest absolute Gasteiger partial charge is 0.290 e. The lowest BCUT2D eigenvalue weighted by molar-refractivity contribution is -0.129. The number of ether oxygens (including phenoxy) is 4. The molecule has 1 saturated heterocycles. The van der Waals surface area contributed by atoms with Crippen molar-refractivity contribution in [2.45, 2.75) is 6.04 Å². The van der Waals surface area contributed by atoms with Gasteiger partial charge in [-0.1, -0.05) is 0 Å². The average Bonchev–Trinajstić information content (AvgIpc) is 3.49. The van der Waals surface area contributed by atoms with Crippen LogP contribution < -0.4 is 14.2 Å². The number of hydrogen-bond donors (Lipinski definition) is 1. The number of benzene rings is 1. The fourth-order valence-corrected chi connectivity index (χ4v) is 4.34. The number of furan rings is 1. The Morgan fingerprint density at radius 1 is 1.09 bits per heavy atom. The van der Waals surface area contributed by atoms with E-state index in [9.17, 15) is 14.7 Å². The van der Waals surface area contributed by atoms with Crippen LogP contribution in [0.15, 0.2) is 46.3 Å². The molecule has 0 aliphatic carbocycles. The number of amides is 1. The van der Waals surface area contributed by atoms with Crippen molar-refractivity contribution < 1.29 is 38.1 Å². The van der Waals surface area contributed by atoms with E-state index in [0.29, 0.717) is 49.1 Å². The molecule has 0 bridgehead atoms. The average molecular weight is 472 g/mol. The molecule has 1 N–H and O–H groups in total. The second kappa shape index (κ2) is 10.2. The fourth-order valence-electron chi connectivity index (χ4n) is 4.34. The first kappa shape index (κ1) is 23.7. The van der Waals surface area contributed by atoms with E-state index in [-0.39, 0.29) is 11.3 Å². The second-order valence-electron chi connectivity index (χ2n) is 7.88. The Hall–Kier alpha value is -3.50. The summed E-state index contributed by atoms with van der Waals surface area (Å²) >= 11 is 0. The van der Waals surface area contributed by atoms with E-state index in [1.807, 2.05) is 0 Å². The van der Waals surface area contributed by atoms with Crippen LogP contribution in [0.25, 0.3) is 0 Å². The van der Waals surface area contributed by atoms with Crippen LogP contribution in [-0.4, -0.2) is 87.3 Å². The minimum absolute atomic E-state index is 0.0295. The molecule has 182 valence electrons. The summed E-state index contributed by atoms with van der Waals surface area (Å²) in [6, 6.07) is 5.55. The van der Waals surface area contributed by atoms with Crippen molar-refractivity contribution in [3.05, 3.63) is 53.2 Å². The summed E-state index contributed by atoms with van der Waals surface area (Å²) in [5.41, 5.74) is 0.472. The van der Waals surface area contributed by atoms with E-state index in [2.05, 4.69) is 4.90 Å². The SMILES string of the molecule is COc1cc([C@@H]2C(C(=O)c3ccco3)=C(O)C(=O)N2CCN2CCOCC2)cc(OC)c1OC. The number of nitrogens with zero attached hydrogens (tertiary/aromatic N) is 2. The molecule has 0 radical (unpaired) electrons. The van der Waals surface area contributed by atoms with Crippen molar-refractivity contribution >= 4 is 11.7 Å². The van der Waals surface area contributed by atoms with Crippen LogP contribution in [0.3, 0.4) is 0 Å². The van der Waals surface area contributed by atoms with Crippen LogP contribution in [0.1, 0.15) is 22.2 Å². The largest absolute Gasteiger partial charge is 0.503 e. The monoisotopic (exact) mass is 472 g/mol. The van der Waals surface area contributed by atoms with Crippen LogP contribution in [0.4, 0.5) is 0 Å². The summed E-state index contributed by atoms with van der Waals surface area (Å²) in [6.07, 6.45) is 1.37. The Morgan fingerprint density at radius 3 is 2.32 bits per heavy atom. The highest BCUT2D eigenvalue weighted by Gasteiger charge is 2.45. The van der Waals surface area contributed by atoms with Crippen molar-refractivity contribution in [1.82, 2.24) is 9.80 Å². The van der Waals surface area contributed by atoms with Crippen LogP contribution >= 0.6 is 0 Å². The normalized spacial score (nSPS) is 19.0. The highest BCUT2D eigenvalue weighted by Crippen LogP contribution is 2.45. The number of hydrogen-bond acceptors (Lipinski definition) is 9. The van der Waals surface area contributed by atoms with Gasteiger partial charge in [-0.25, -0.2) is 0 Å². The number of rotatable bonds is 9. The Bertz CT molecular complexity index is 1050. The highest BCUT2D eigenvalue weighted by molar-refractivity contribution is 6.15. The molecule has 2 aromatic rings. The minimum atomic E-state index is -0.875. The van der Waals surface area contributed by atoms with E-state index in [1.54, 1.807) is 18.2 Å². The number of methoxy groups -OCH3 is 3. The highest BCUT2D eigenvalue weighted by atomic mass is 16.5. The topological polar surface area (TPSA) is 111 Å². The molecular formula is C24H28N2O8. The van der Waals surface area contributed by atoms with Gasteiger partial charge < -0.3 is 33.4 Å². The van der Waals surface area contributed by atoms with Gasteiger partial charge in [-0.3, -0.25) is 14.5 Å². The predicted molar refractivity (Wildman–Crippen MR) is 121 cm³/mol. The molecule has 0 spiro atoms. The van der Waals surface area contributed by atoms with Crippen molar-refractivity contribution in [2.24, 2.45) is 0 Å². The number of Topliss-reactive ketones (excluding diaryl/α,β-unsaturated/α-hetero) is 1. The van der Waals surface area contributed by atoms with E-state index in [0.717, 1.165) is 13.1 Å². The Balaban J connectivity index is 1.77. The van der Waals surface area contributed by atoms with E-state index in [4.69, 9.17) is 23.4 Å². The zero-order valence-electron chi connectivity index (χ0n) is 19.4. The van der Waals surface area contributed by atoms with Gasteiger partial charge in [0.1, 0.15) is 0 Å². The first-order chi connectivity index (χ1) is 16.5. The summed E-state index contributed by atoms with van der Waals surface area (Å²) in [5.74, 6) is -0.637. The fraction of sp³-hybridized carbons (Fsp3) is 0.417.